The van der Waals surface area contributed by atoms with E-state index >= 15 is 0 Å². The van der Waals surface area contributed by atoms with Gasteiger partial charge >= 0.3 is 0 Å². The lowest BCUT2D eigenvalue weighted by molar-refractivity contribution is -0.120. The molecule has 0 aliphatic heterocycles. The summed E-state index contributed by atoms with van der Waals surface area (Å²) in [6, 6.07) is 13.3. The largest absolute Gasteiger partial charge is 0.493 e. The van der Waals surface area contributed by atoms with Gasteiger partial charge in [0.05, 0.1) is 25.2 Å². The molecule has 0 saturated heterocycles. The van der Waals surface area contributed by atoms with Gasteiger partial charge in [-0.1, -0.05) is 23.8 Å². The van der Waals surface area contributed by atoms with Crippen molar-refractivity contribution in [1.82, 2.24) is 5.32 Å². The van der Waals surface area contributed by atoms with Crippen molar-refractivity contribution in [3.05, 3.63) is 53.6 Å². The van der Waals surface area contributed by atoms with Crippen molar-refractivity contribution < 1.29 is 19.1 Å². The second-order valence-corrected chi connectivity index (χ2v) is 7.93. The third kappa shape index (κ3) is 7.34. The van der Waals surface area contributed by atoms with E-state index in [1.54, 1.807) is 21.1 Å². The first-order chi connectivity index (χ1) is 13.9. The number of carbonyl (C=O) groups is 2. The molecule has 1 atom stereocenters. The van der Waals surface area contributed by atoms with Crippen molar-refractivity contribution in [3.8, 4) is 11.5 Å². The van der Waals surface area contributed by atoms with Crippen LogP contribution in [0.5, 0.6) is 11.5 Å². The third-order valence-electron chi connectivity index (χ3n) is 4.33. The molecule has 7 heteroatoms. The van der Waals surface area contributed by atoms with Crippen LogP contribution < -0.4 is 20.1 Å². The quantitative estimate of drug-likeness (QED) is 0.621. The lowest BCUT2D eigenvalue weighted by atomic mass is 10.1. The Balaban J connectivity index is 1.72. The van der Waals surface area contributed by atoms with E-state index in [0.717, 1.165) is 16.8 Å². The van der Waals surface area contributed by atoms with Gasteiger partial charge in [-0.15, -0.1) is 11.8 Å². The van der Waals surface area contributed by atoms with Crippen LogP contribution in [0.3, 0.4) is 0 Å². The number of benzene rings is 2. The van der Waals surface area contributed by atoms with E-state index in [1.807, 2.05) is 49.4 Å². The zero-order chi connectivity index (χ0) is 21.2. The Bertz CT molecular complexity index is 824. The Morgan fingerprint density at radius 3 is 2.38 bits per heavy atom. The third-order valence-corrected chi connectivity index (χ3v) is 5.47. The van der Waals surface area contributed by atoms with Gasteiger partial charge in [-0.2, -0.15) is 0 Å². The maximum absolute atomic E-state index is 12.3. The summed E-state index contributed by atoms with van der Waals surface area (Å²) >= 11 is 1.31. The van der Waals surface area contributed by atoms with Gasteiger partial charge in [0.15, 0.2) is 11.5 Å². The first-order valence-corrected chi connectivity index (χ1v) is 10.4. The number of hydrogen-bond donors (Lipinski definition) is 2. The SMILES string of the molecule is COc1ccc(CCNC(=O)C(C)SCC(=O)Nc2ccc(C)cc2)cc1OC. The Kier molecular flexibility index (Phi) is 8.86. The Morgan fingerprint density at radius 1 is 1.03 bits per heavy atom. The zero-order valence-electron chi connectivity index (χ0n) is 17.3. The second kappa shape index (κ2) is 11.4. The molecule has 0 fully saturated rings. The smallest absolute Gasteiger partial charge is 0.234 e. The monoisotopic (exact) mass is 416 g/mol. The van der Waals surface area contributed by atoms with Crippen LogP contribution in [0.4, 0.5) is 5.69 Å². The molecule has 0 spiro atoms. The average Bonchev–Trinajstić information content (AvgIpc) is 2.73. The number of thioether (sulfide) groups is 1. The molecule has 29 heavy (non-hydrogen) atoms. The number of ether oxygens (including phenoxy) is 2. The average molecular weight is 417 g/mol. The normalized spacial score (nSPS) is 11.4. The van der Waals surface area contributed by atoms with Gasteiger partial charge in [-0.25, -0.2) is 0 Å². The number of carbonyl (C=O) groups excluding carboxylic acids is 2. The first-order valence-electron chi connectivity index (χ1n) is 9.39. The van der Waals surface area contributed by atoms with Crippen molar-refractivity contribution in [2.45, 2.75) is 25.5 Å². The number of rotatable bonds is 10. The maximum Gasteiger partial charge on any atom is 0.234 e. The van der Waals surface area contributed by atoms with E-state index < -0.39 is 0 Å². The van der Waals surface area contributed by atoms with Crippen LogP contribution in [0.2, 0.25) is 0 Å². The molecule has 0 radical (unpaired) electrons. The molecule has 0 aromatic heterocycles. The van der Waals surface area contributed by atoms with Gasteiger partial charge in [0.2, 0.25) is 11.8 Å². The molecule has 2 aromatic rings. The summed E-state index contributed by atoms with van der Waals surface area (Å²) in [7, 11) is 3.19. The minimum absolute atomic E-state index is 0.0846. The fraction of sp³-hybridized carbons (Fsp3) is 0.364. The van der Waals surface area contributed by atoms with Crippen LogP contribution in [-0.2, 0) is 16.0 Å². The predicted molar refractivity (Wildman–Crippen MR) is 118 cm³/mol. The number of anilines is 1. The van der Waals surface area contributed by atoms with Crippen molar-refractivity contribution in [1.29, 1.82) is 0 Å². The highest BCUT2D eigenvalue weighted by atomic mass is 32.2. The molecular weight excluding hydrogens is 388 g/mol. The highest BCUT2D eigenvalue weighted by Gasteiger charge is 2.15. The summed E-state index contributed by atoms with van der Waals surface area (Å²) in [5, 5.41) is 5.43. The van der Waals surface area contributed by atoms with Crippen LogP contribution in [0, 0.1) is 6.92 Å². The van der Waals surface area contributed by atoms with Crippen LogP contribution in [0.1, 0.15) is 18.1 Å². The van der Waals surface area contributed by atoms with Gasteiger partial charge in [-0.3, -0.25) is 9.59 Å². The van der Waals surface area contributed by atoms with Crippen LogP contribution >= 0.6 is 11.8 Å². The van der Waals surface area contributed by atoms with E-state index in [0.29, 0.717) is 24.5 Å². The van der Waals surface area contributed by atoms with Crippen molar-refractivity contribution in [2.24, 2.45) is 0 Å². The fourth-order valence-electron chi connectivity index (χ4n) is 2.62. The predicted octanol–water partition coefficient (Wildman–Crippen LogP) is 3.43. The summed E-state index contributed by atoms with van der Waals surface area (Å²) in [4.78, 5) is 24.3. The minimum atomic E-state index is -0.316. The fourth-order valence-corrected chi connectivity index (χ4v) is 3.33. The molecule has 1 unspecified atom stereocenters. The molecule has 2 rings (SSSR count). The molecule has 0 bridgehead atoms. The molecule has 0 aliphatic carbocycles. The zero-order valence-corrected chi connectivity index (χ0v) is 18.1. The summed E-state index contributed by atoms with van der Waals surface area (Å²) in [5.74, 6) is 1.36. The molecule has 2 aromatic carbocycles. The van der Waals surface area contributed by atoms with Crippen LogP contribution in [0.25, 0.3) is 0 Å². The number of methoxy groups -OCH3 is 2. The molecule has 2 amide bonds. The lowest BCUT2D eigenvalue weighted by Gasteiger charge is -2.13. The number of amides is 2. The number of hydrogen-bond acceptors (Lipinski definition) is 5. The summed E-state index contributed by atoms with van der Waals surface area (Å²) in [6.45, 7) is 4.30. The molecule has 156 valence electrons. The van der Waals surface area contributed by atoms with E-state index in [4.69, 9.17) is 9.47 Å². The number of nitrogens with one attached hydrogen (secondary N) is 2. The highest BCUT2D eigenvalue weighted by Crippen LogP contribution is 2.27. The van der Waals surface area contributed by atoms with Crippen molar-refractivity contribution in [3.63, 3.8) is 0 Å². The topological polar surface area (TPSA) is 76.7 Å². The standard InChI is InChI=1S/C22H28N2O4S/c1-15-5-8-18(9-6-15)24-21(25)14-29-16(2)22(26)23-12-11-17-7-10-19(27-3)20(13-17)28-4/h5-10,13,16H,11-12,14H2,1-4H3,(H,23,26)(H,24,25). The molecular formula is C22H28N2O4S. The van der Waals surface area contributed by atoms with Gasteiger partial charge in [0.25, 0.3) is 0 Å². The summed E-state index contributed by atoms with van der Waals surface area (Å²) in [5.41, 5.74) is 2.93. The molecule has 6 nitrogen and oxygen atoms in total. The van der Waals surface area contributed by atoms with E-state index in [1.165, 1.54) is 11.8 Å². The first kappa shape index (κ1) is 22.6. The van der Waals surface area contributed by atoms with Gasteiger partial charge in [0, 0.05) is 12.2 Å². The highest BCUT2D eigenvalue weighted by molar-refractivity contribution is 8.01. The lowest BCUT2D eigenvalue weighted by Crippen LogP contribution is -2.33. The number of aryl methyl sites for hydroxylation is 1. The molecule has 0 saturated carbocycles. The van der Waals surface area contributed by atoms with Gasteiger partial charge < -0.3 is 20.1 Å². The molecule has 2 N–H and O–H groups in total. The Labute approximate surface area is 176 Å². The van der Waals surface area contributed by atoms with Crippen LogP contribution in [0.15, 0.2) is 42.5 Å². The van der Waals surface area contributed by atoms with Gasteiger partial charge in [-0.05, 0) is 50.1 Å². The second-order valence-electron chi connectivity index (χ2n) is 6.60. The van der Waals surface area contributed by atoms with Gasteiger partial charge in [0.1, 0.15) is 0 Å². The molecule has 0 aliphatic rings. The van der Waals surface area contributed by atoms with E-state index in [2.05, 4.69) is 10.6 Å². The van der Waals surface area contributed by atoms with Crippen LogP contribution in [-0.4, -0.2) is 43.6 Å². The van der Waals surface area contributed by atoms with E-state index in [9.17, 15) is 9.59 Å². The van der Waals surface area contributed by atoms with Crippen molar-refractivity contribution >= 4 is 29.3 Å². The van der Waals surface area contributed by atoms with E-state index in [-0.39, 0.29) is 22.8 Å². The maximum atomic E-state index is 12.3. The summed E-state index contributed by atoms with van der Waals surface area (Å²) < 4.78 is 10.5. The Hall–Kier alpha value is -2.67. The molecule has 0 heterocycles. The summed E-state index contributed by atoms with van der Waals surface area (Å²) in [6.07, 6.45) is 0.678. The minimum Gasteiger partial charge on any atom is -0.493 e. The Morgan fingerprint density at radius 2 is 1.72 bits per heavy atom. The van der Waals surface area contributed by atoms with Crippen molar-refractivity contribution in [2.75, 3.05) is 31.8 Å².